The van der Waals surface area contributed by atoms with E-state index >= 15 is 0 Å². The number of halogens is 1. The molecule has 0 unspecified atom stereocenters. The van der Waals surface area contributed by atoms with Gasteiger partial charge >= 0.3 is 0 Å². The number of hydrogen-bond donors (Lipinski definition) is 0. The number of hydrogen-bond acceptors (Lipinski definition) is 3. The van der Waals surface area contributed by atoms with E-state index in [0.29, 0.717) is 18.6 Å². The maximum absolute atomic E-state index is 14.1. The van der Waals surface area contributed by atoms with Gasteiger partial charge in [-0.2, -0.15) is 0 Å². The summed E-state index contributed by atoms with van der Waals surface area (Å²) in [5, 5.41) is 0. The first-order valence-corrected chi connectivity index (χ1v) is 6.89. The first-order chi connectivity index (χ1) is 10.1. The number of benzene rings is 1. The topological polar surface area (TPSA) is 39.2 Å². The Balaban J connectivity index is 1.99. The van der Waals surface area contributed by atoms with Gasteiger partial charge < -0.3 is 4.74 Å². The van der Waals surface area contributed by atoms with Gasteiger partial charge in [0.05, 0.1) is 23.8 Å². The van der Waals surface area contributed by atoms with Gasteiger partial charge in [0.2, 0.25) is 0 Å². The molecule has 1 saturated carbocycles. The van der Waals surface area contributed by atoms with E-state index in [1.165, 1.54) is 19.2 Å². The van der Waals surface area contributed by atoms with Gasteiger partial charge in [0.25, 0.3) is 0 Å². The van der Waals surface area contributed by atoms with E-state index in [2.05, 4.69) is 4.98 Å². The van der Waals surface area contributed by atoms with E-state index < -0.39 is 11.2 Å². The lowest BCUT2D eigenvalue weighted by molar-refractivity contribution is 0.0940. The van der Waals surface area contributed by atoms with Gasteiger partial charge in [-0.1, -0.05) is 6.07 Å². The van der Waals surface area contributed by atoms with Crippen molar-refractivity contribution in [3.8, 4) is 5.75 Å². The Morgan fingerprint density at radius 2 is 2.05 bits per heavy atom. The molecule has 0 saturated heterocycles. The maximum Gasteiger partial charge on any atom is 0.177 e. The van der Waals surface area contributed by atoms with Crippen LogP contribution in [-0.4, -0.2) is 17.9 Å². The number of carbonyl (C=O) groups excluding carboxylic acids is 1. The lowest BCUT2D eigenvalue weighted by atomic mass is 9.90. The van der Waals surface area contributed by atoms with Crippen LogP contribution in [0.2, 0.25) is 0 Å². The largest absolute Gasteiger partial charge is 0.497 e. The van der Waals surface area contributed by atoms with Crippen molar-refractivity contribution in [2.75, 3.05) is 7.11 Å². The summed E-state index contributed by atoms with van der Waals surface area (Å²) in [7, 11) is 1.47. The molecule has 108 valence electrons. The molecule has 0 radical (unpaired) electrons. The van der Waals surface area contributed by atoms with Crippen LogP contribution in [0.25, 0.3) is 0 Å². The maximum atomic E-state index is 14.1. The van der Waals surface area contributed by atoms with Crippen LogP contribution in [-0.2, 0) is 5.41 Å². The van der Waals surface area contributed by atoms with Crippen molar-refractivity contribution >= 4 is 5.78 Å². The molecule has 1 aromatic carbocycles. The summed E-state index contributed by atoms with van der Waals surface area (Å²) >= 11 is 0. The Labute approximate surface area is 122 Å². The molecule has 3 nitrogen and oxygen atoms in total. The number of methoxy groups -OCH3 is 1. The number of carbonyl (C=O) groups is 1. The third kappa shape index (κ3) is 2.31. The Bertz CT molecular complexity index is 708. The summed E-state index contributed by atoms with van der Waals surface area (Å²) in [5.41, 5.74) is 1.06. The SMILES string of the molecule is COc1ccc(C(=O)C2(c3cccc(C)n3)CC2)c(F)c1. The standard InChI is InChI=1S/C17H16FNO2/c1-11-4-3-5-15(19-11)17(8-9-17)16(20)13-7-6-12(21-2)10-14(13)18/h3-7,10H,8-9H2,1-2H3. The smallest absolute Gasteiger partial charge is 0.177 e. The number of nitrogens with zero attached hydrogens (tertiary/aromatic N) is 1. The molecule has 0 spiro atoms. The molecule has 4 heteroatoms. The Morgan fingerprint density at radius 3 is 2.62 bits per heavy atom. The molecule has 1 aliphatic rings. The van der Waals surface area contributed by atoms with Gasteiger partial charge in [0.15, 0.2) is 5.78 Å². The normalized spacial score (nSPS) is 15.6. The fourth-order valence-electron chi connectivity index (χ4n) is 2.60. The highest BCUT2D eigenvalue weighted by Gasteiger charge is 2.53. The Hall–Kier alpha value is -2.23. The number of rotatable bonds is 4. The van der Waals surface area contributed by atoms with Gasteiger partial charge in [0, 0.05) is 11.8 Å². The molecule has 1 aromatic heterocycles. The third-order valence-electron chi connectivity index (χ3n) is 3.98. The molecule has 1 heterocycles. The van der Waals surface area contributed by atoms with E-state index in [9.17, 15) is 9.18 Å². The van der Waals surface area contributed by atoms with Crippen molar-refractivity contribution < 1.29 is 13.9 Å². The van der Waals surface area contributed by atoms with Crippen LogP contribution in [0, 0.1) is 12.7 Å². The van der Waals surface area contributed by atoms with Crippen LogP contribution in [0.5, 0.6) is 5.75 Å². The molecule has 21 heavy (non-hydrogen) atoms. The minimum atomic E-state index is -0.651. The minimum absolute atomic E-state index is 0.108. The van der Waals surface area contributed by atoms with Gasteiger partial charge in [-0.05, 0) is 44.0 Å². The number of pyridine rings is 1. The van der Waals surface area contributed by atoms with Crippen molar-refractivity contribution in [1.82, 2.24) is 4.98 Å². The predicted molar refractivity (Wildman–Crippen MR) is 77.2 cm³/mol. The fourth-order valence-corrected chi connectivity index (χ4v) is 2.60. The first-order valence-electron chi connectivity index (χ1n) is 6.89. The fraction of sp³-hybridized carbons (Fsp3) is 0.294. The second kappa shape index (κ2) is 4.95. The lowest BCUT2D eigenvalue weighted by Gasteiger charge is -2.15. The first kappa shape index (κ1) is 13.7. The molecule has 0 amide bonds. The third-order valence-corrected chi connectivity index (χ3v) is 3.98. The molecule has 2 aromatic rings. The summed E-state index contributed by atoms with van der Waals surface area (Å²) in [4.78, 5) is 17.2. The van der Waals surface area contributed by atoms with Crippen LogP contribution in [0.15, 0.2) is 36.4 Å². The second-order valence-corrected chi connectivity index (χ2v) is 5.42. The minimum Gasteiger partial charge on any atom is -0.497 e. The van der Waals surface area contributed by atoms with Gasteiger partial charge in [-0.25, -0.2) is 4.39 Å². The van der Waals surface area contributed by atoms with E-state index in [0.717, 1.165) is 11.4 Å². The summed E-state index contributed by atoms with van der Waals surface area (Å²) in [6.45, 7) is 1.89. The van der Waals surface area contributed by atoms with Crippen LogP contribution in [0.1, 0.15) is 34.6 Å². The average molecular weight is 285 g/mol. The molecule has 0 bridgehead atoms. The van der Waals surface area contributed by atoms with E-state index in [1.54, 1.807) is 6.07 Å². The summed E-state index contributed by atoms with van der Waals surface area (Å²) in [5.74, 6) is -0.332. The zero-order valence-electron chi connectivity index (χ0n) is 12.0. The number of Topliss-reactive ketones (excluding diaryl/α,β-unsaturated/α-hetero) is 1. The molecular formula is C17H16FNO2. The highest BCUT2D eigenvalue weighted by molar-refractivity contribution is 6.06. The quantitative estimate of drug-likeness (QED) is 0.808. The Morgan fingerprint density at radius 1 is 1.29 bits per heavy atom. The van der Waals surface area contributed by atoms with Crippen LogP contribution in [0.4, 0.5) is 4.39 Å². The number of ketones is 1. The number of ether oxygens (including phenoxy) is 1. The van der Waals surface area contributed by atoms with Crippen molar-refractivity contribution in [2.45, 2.75) is 25.2 Å². The van der Waals surface area contributed by atoms with Crippen molar-refractivity contribution in [2.24, 2.45) is 0 Å². The molecule has 1 aliphatic carbocycles. The molecule has 0 aliphatic heterocycles. The number of aryl methyl sites for hydroxylation is 1. The van der Waals surface area contributed by atoms with Gasteiger partial charge in [-0.15, -0.1) is 0 Å². The average Bonchev–Trinajstić information content (AvgIpc) is 3.28. The van der Waals surface area contributed by atoms with Gasteiger partial charge in [0.1, 0.15) is 11.6 Å². The number of aromatic nitrogens is 1. The molecule has 0 N–H and O–H groups in total. The monoisotopic (exact) mass is 285 g/mol. The van der Waals surface area contributed by atoms with Crippen LogP contribution < -0.4 is 4.74 Å². The second-order valence-electron chi connectivity index (χ2n) is 5.42. The summed E-state index contributed by atoms with van der Waals surface area (Å²) < 4.78 is 19.1. The zero-order valence-corrected chi connectivity index (χ0v) is 12.0. The predicted octanol–water partition coefficient (Wildman–Crippen LogP) is 3.45. The molecule has 1 fully saturated rings. The highest BCUT2D eigenvalue weighted by atomic mass is 19.1. The van der Waals surface area contributed by atoms with Crippen molar-refractivity contribution in [3.63, 3.8) is 0 Å². The van der Waals surface area contributed by atoms with E-state index in [1.807, 2.05) is 25.1 Å². The zero-order chi connectivity index (χ0) is 15.0. The summed E-state index contributed by atoms with van der Waals surface area (Å²) in [6.07, 6.45) is 1.43. The van der Waals surface area contributed by atoms with Gasteiger partial charge in [-0.3, -0.25) is 9.78 Å². The van der Waals surface area contributed by atoms with E-state index in [-0.39, 0.29) is 11.3 Å². The lowest BCUT2D eigenvalue weighted by Crippen LogP contribution is -2.23. The van der Waals surface area contributed by atoms with Crippen molar-refractivity contribution in [1.29, 1.82) is 0 Å². The van der Waals surface area contributed by atoms with Crippen LogP contribution >= 0.6 is 0 Å². The molecule has 3 rings (SSSR count). The molecular weight excluding hydrogens is 269 g/mol. The van der Waals surface area contributed by atoms with E-state index in [4.69, 9.17) is 4.74 Å². The Kier molecular flexibility index (Phi) is 3.24. The summed E-state index contributed by atoms with van der Waals surface area (Å²) in [6, 6.07) is 9.96. The highest BCUT2D eigenvalue weighted by Crippen LogP contribution is 2.50. The molecule has 0 atom stereocenters. The van der Waals surface area contributed by atoms with Crippen molar-refractivity contribution in [3.05, 3.63) is 59.2 Å². The van der Waals surface area contributed by atoms with Crippen LogP contribution in [0.3, 0.4) is 0 Å².